The normalized spacial score (nSPS) is 17.1. The minimum absolute atomic E-state index is 0.167. The zero-order valence-corrected chi connectivity index (χ0v) is 23.5. The van der Waals surface area contributed by atoms with Crippen molar-refractivity contribution in [3.63, 3.8) is 0 Å². The monoisotopic (exact) mass is 523 g/mol. The third kappa shape index (κ3) is 11.2. The summed E-state index contributed by atoms with van der Waals surface area (Å²) in [7, 11) is 0. The van der Waals surface area contributed by atoms with E-state index in [1.165, 1.54) is 83.5 Å². The van der Waals surface area contributed by atoms with Gasteiger partial charge in [0.25, 0.3) is 0 Å². The Kier molecular flexibility index (Phi) is 14.3. The van der Waals surface area contributed by atoms with E-state index in [1.54, 1.807) is 6.07 Å². The molecule has 0 bridgehead atoms. The molecule has 38 heavy (non-hydrogen) atoms. The summed E-state index contributed by atoms with van der Waals surface area (Å²) in [6, 6.07) is 15.4. The SMILES string of the molecule is CCCCCCCCCCCCCCCCNc1ccc(C(=O)O)c(CC2COC(c3ccccc3)O2)c1. The van der Waals surface area contributed by atoms with Gasteiger partial charge in [0.2, 0.25) is 0 Å². The van der Waals surface area contributed by atoms with E-state index in [2.05, 4.69) is 12.2 Å². The Morgan fingerprint density at radius 1 is 0.842 bits per heavy atom. The van der Waals surface area contributed by atoms with Gasteiger partial charge in [0.1, 0.15) is 0 Å². The maximum absolute atomic E-state index is 11.8. The second-order valence-electron chi connectivity index (χ2n) is 10.7. The summed E-state index contributed by atoms with van der Waals surface area (Å²) < 4.78 is 11.9. The largest absolute Gasteiger partial charge is 0.478 e. The summed E-state index contributed by atoms with van der Waals surface area (Å²) in [5, 5.41) is 13.2. The predicted molar refractivity (Wildman–Crippen MR) is 156 cm³/mol. The Balaban J connectivity index is 1.29. The van der Waals surface area contributed by atoms with Crippen molar-refractivity contribution in [2.24, 2.45) is 0 Å². The summed E-state index contributed by atoms with van der Waals surface area (Å²) in [4.78, 5) is 11.8. The van der Waals surface area contributed by atoms with Crippen LogP contribution in [0.25, 0.3) is 0 Å². The molecule has 5 nitrogen and oxygen atoms in total. The van der Waals surface area contributed by atoms with Crippen LogP contribution in [-0.2, 0) is 15.9 Å². The summed E-state index contributed by atoms with van der Waals surface area (Å²) >= 11 is 0. The molecule has 5 heteroatoms. The number of anilines is 1. The average molecular weight is 524 g/mol. The van der Waals surface area contributed by atoms with E-state index in [0.29, 0.717) is 18.6 Å². The van der Waals surface area contributed by atoms with Gasteiger partial charge in [-0.3, -0.25) is 0 Å². The second kappa shape index (κ2) is 18.0. The van der Waals surface area contributed by atoms with Gasteiger partial charge in [0, 0.05) is 24.2 Å². The van der Waals surface area contributed by atoms with Crippen molar-refractivity contribution in [2.75, 3.05) is 18.5 Å². The molecule has 1 saturated heterocycles. The Labute approximate surface area is 230 Å². The van der Waals surface area contributed by atoms with Crippen LogP contribution in [0.15, 0.2) is 48.5 Å². The molecular formula is C33H49NO4. The lowest BCUT2D eigenvalue weighted by atomic mass is 10.0. The topological polar surface area (TPSA) is 67.8 Å². The molecule has 1 heterocycles. The maximum atomic E-state index is 11.8. The van der Waals surface area contributed by atoms with Crippen molar-refractivity contribution in [1.82, 2.24) is 0 Å². The third-order valence-corrected chi connectivity index (χ3v) is 7.46. The van der Waals surface area contributed by atoms with Crippen LogP contribution in [0, 0.1) is 0 Å². The molecule has 1 aliphatic rings. The molecule has 2 aromatic rings. The molecule has 0 aromatic heterocycles. The van der Waals surface area contributed by atoms with Crippen LogP contribution in [0.2, 0.25) is 0 Å². The smallest absolute Gasteiger partial charge is 0.335 e. The number of nitrogens with one attached hydrogen (secondary N) is 1. The fraction of sp³-hybridized carbons (Fsp3) is 0.606. The van der Waals surface area contributed by atoms with Gasteiger partial charge in [-0.2, -0.15) is 0 Å². The van der Waals surface area contributed by atoms with E-state index in [-0.39, 0.29) is 6.10 Å². The van der Waals surface area contributed by atoms with Gasteiger partial charge in [-0.25, -0.2) is 4.79 Å². The van der Waals surface area contributed by atoms with Crippen molar-refractivity contribution in [2.45, 2.75) is 116 Å². The highest BCUT2D eigenvalue weighted by Crippen LogP contribution is 2.29. The summed E-state index contributed by atoms with van der Waals surface area (Å²) in [6.07, 6.45) is 18.9. The number of ether oxygens (including phenoxy) is 2. The van der Waals surface area contributed by atoms with Gasteiger partial charge in [0.15, 0.2) is 6.29 Å². The number of benzene rings is 2. The number of unbranched alkanes of at least 4 members (excludes halogenated alkanes) is 13. The number of carboxylic acid groups (broad SMARTS) is 1. The van der Waals surface area contributed by atoms with Crippen LogP contribution in [0.3, 0.4) is 0 Å². The lowest BCUT2D eigenvalue weighted by Gasteiger charge is -2.15. The lowest BCUT2D eigenvalue weighted by Crippen LogP contribution is -2.16. The molecule has 0 saturated carbocycles. The first-order valence-electron chi connectivity index (χ1n) is 15.1. The predicted octanol–water partition coefficient (Wildman–Crippen LogP) is 8.93. The minimum Gasteiger partial charge on any atom is -0.478 e. The number of hydrogen-bond donors (Lipinski definition) is 2. The first-order valence-corrected chi connectivity index (χ1v) is 15.1. The van der Waals surface area contributed by atoms with Crippen molar-refractivity contribution in [3.8, 4) is 0 Å². The van der Waals surface area contributed by atoms with Crippen LogP contribution < -0.4 is 5.32 Å². The molecule has 3 rings (SSSR count). The van der Waals surface area contributed by atoms with Crippen LogP contribution >= 0.6 is 0 Å². The summed E-state index contributed by atoms with van der Waals surface area (Å²) in [5.41, 5.74) is 3.07. The molecule has 2 unspecified atom stereocenters. The van der Waals surface area contributed by atoms with Crippen molar-refractivity contribution < 1.29 is 19.4 Å². The number of carboxylic acids is 1. The van der Waals surface area contributed by atoms with Gasteiger partial charge in [-0.05, 0) is 30.2 Å². The fourth-order valence-corrected chi connectivity index (χ4v) is 5.22. The van der Waals surface area contributed by atoms with Crippen LogP contribution in [0.4, 0.5) is 5.69 Å². The zero-order chi connectivity index (χ0) is 26.8. The van der Waals surface area contributed by atoms with Gasteiger partial charge in [-0.15, -0.1) is 0 Å². The highest BCUT2D eigenvalue weighted by molar-refractivity contribution is 5.90. The molecule has 210 valence electrons. The molecule has 1 fully saturated rings. The molecule has 1 aliphatic heterocycles. The minimum atomic E-state index is -0.906. The molecule has 0 spiro atoms. The van der Waals surface area contributed by atoms with Gasteiger partial charge < -0.3 is 19.9 Å². The van der Waals surface area contributed by atoms with E-state index in [9.17, 15) is 9.90 Å². The molecular weight excluding hydrogens is 474 g/mol. The zero-order valence-electron chi connectivity index (χ0n) is 23.5. The first-order chi connectivity index (χ1) is 18.7. The number of rotatable bonds is 20. The molecule has 0 amide bonds. The summed E-state index contributed by atoms with van der Waals surface area (Å²) in [5.74, 6) is -0.906. The fourth-order valence-electron chi connectivity index (χ4n) is 5.22. The van der Waals surface area contributed by atoms with Gasteiger partial charge >= 0.3 is 5.97 Å². The first kappa shape index (κ1) is 30.2. The Bertz CT molecular complexity index is 916. The molecule has 0 aliphatic carbocycles. The average Bonchev–Trinajstić information content (AvgIpc) is 3.40. The quantitative estimate of drug-likeness (QED) is 0.170. The molecule has 2 atom stereocenters. The van der Waals surface area contributed by atoms with Crippen LogP contribution in [-0.4, -0.2) is 30.3 Å². The molecule has 2 N–H and O–H groups in total. The third-order valence-electron chi connectivity index (χ3n) is 7.46. The molecule has 0 radical (unpaired) electrons. The van der Waals surface area contributed by atoms with Crippen molar-refractivity contribution >= 4 is 11.7 Å². The van der Waals surface area contributed by atoms with Crippen molar-refractivity contribution in [1.29, 1.82) is 0 Å². The Morgan fingerprint density at radius 3 is 2.05 bits per heavy atom. The highest BCUT2D eigenvalue weighted by Gasteiger charge is 2.28. The van der Waals surface area contributed by atoms with Gasteiger partial charge in [0.05, 0.1) is 18.3 Å². The highest BCUT2D eigenvalue weighted by atomic mass is 16.7. The Hall–Kier alpha value is -2.37. The maximum Gasteiger partial charge on any atom is 0.335 e. The van der Waals surface area contributed by atoms with E-state index >= 15 is 0 Å². The van der Waals surface area contributed by atoms with E-state index in [4.69, 9.17) is 9.47 Å². The van der Waals surface area contributed by atoms with E-state index < -0.39 is 12.3 Å². The van der Waals surface area contributed by atoms with Gasteiger partial charge in [-0.1, -0.05) is 121 Å². The van der Waals surface area contributed by atoms with Crippen LogP contribution in [0.1, 0.15) is 125 Å². The van der Waals surface area contributed by atoms with Crippen LogP contribution in [0.5, 0.6) is 0 Å². The lowest BCUT2D eigenvalue weighted by molar-refractivity contribution is -0.0598. The van der Waals surface area contributed by atoms with E-state index in [1.807, 2.05) is 42.5 Å². The Morgan fingerprint density at radius 2 is 1.45 bits per heavy atom. The second-order valence-corrected chi connectivity index (χ2v) is 10.7. The number of carbonyl (C=O) groups is 1. The number of hydrogen-bond acceptors (Lipinski definition) is 4. The standard InChI is InChI=1S/C33H49NO4/c1-2-3-4-5-6-7-8-9-10-11-12-13-14-18-23-34-29-21-22-31(32(35)36)28(24-29)25-30-26-37-33(38-30)27-19-16-15-17-20-27/h15-17,19-22,24,30,33-34H,2-14,18,23,25-26H2,1H3,(H,35,36). The number of aromatic carboxylic acids is 1. The van der Waals surface area contributed by atoms with Crippen molar-refractivity contribution in [3.05, 3.63) is 65.2 Å². The molecule has 2 aromatic carbocycles. The summed E-state index contributed by atoms with van der Waals surface area (Å²) in [6.45, 7) is 3.64. The van der Waals surface area contributed by atoms with E-state index in [0.717, 1.165) is 29.8 Å².